The quantitative estimate of drug-likeness (QED) is 0.786. The van der Waals surface area contributed by atoms with Crippen LogP contribution in [-0.4, -0.2) is 32.0 Å². The number of rotatable bonds is 2. The Kier molecular flexibility index (Phi) is 3.75. The largest absolute Gasteiger partial charge is 0.453 e. The van der Waals surface area contributed by atoms with E-state index in [-0.39, 0.29) is 10.9 Å². The Bertz CT molecular complexity index is 711. The summed E-state index contributed by atoms with van der Waals surface area (Å²) < 4.78 is 20.8. The van der Waals surface area contributed by atoms with Gasteiger partial charge in [0.15, 0.2) is 5.60 Å². The Hall–Kier alpha value is -1.98. The highest BCUT2D eigenvalue weighted by molar-refractivity contribution is 7.98. The molecule has 2 aromatic carbocycles. The molecule has 0 amide bonds. The van der Waals surface area contributed by atoms with Crippen molar-refractivity contribution in [1.29, 1.82) is 0 Å². The number of hydrogen-bond donors (Lipinski definition) is 0. The number of ether oxygens (including phenoxy) is 3. The zero-order valence-corrected chi connectivity index (χ0v) is 13.6. The number of nitrogens with zero attached hydrogens (tertiary/aromatic N) is 1. The second kappa shape index (κ2) is 5.91. The Morgan fingerprint density at radius 1 is 1.04 bits per heavy atom. The molecule has 1 spiro atoms. The second-order valence-corrected chi connectivity index (χ2v) is 6.56. The summed E-state index contributed by atoms with van der Waals surface area (Å²) >= 11 is 1.49. The van der Waals surface area contributed by atoms with E-state index < -0.39 is 0 Å². The van der Waals surface area contributed by atoms with Crippen LogP contribution in [0.3, 0.4) is 0 Å². The van der Waals surface area contributed by atoms with E-state index in [9.17, 15) is 0 Å². The van der Waals surface area contributed by atoms with Crippen molar-refractivity contribution in [2.45, 2.75) is 10.9 Å². The number of methoxy groups -OCH3 is 1. The molecule has 1 atom stereocenters. The number of benzene rings is 2. The topological polar surface area (TPSA) is 40.0 Å². The van der Waals surface area contributed by atoms with Gasteiger partial charge in [0.2, 0.25) is 0 Å². The monoisotopic (exact) mass is 327 g/mol. The average Bonchev–Trinajstić information content (AvgIpc) is 2.61. The average molecular weight is 327 g/mol. The fraction of sp³-hybridized carbons (Fsp3) is 0.278. The van der Waals surface area contributed by atoms with Crippen LogP contribution in [0.5, 0.6) is 0 Å². The maximum atomic E-state index is 5.92. The summed E-state index contributed by atoms with van der Waals surface area (Å²) in [7, 11) is 1.57. The smallest absolute Gasteiger partial charge is 0.395 e. The van der Waals surface area contributed by atoms with Gasteiger partial charge in [0.1, 0.15) is 0 Å². The Balaban J connectivity index is 1.62. The first-order chi connectivity index (χ1) is 11.3. The van der Waals surface area contributed by atoms with Crippen molar-refractivity contribution in [3.8, 4) is 11.1 Å². The van der Waals surface area contributed by atoms with E-state index in [1.807, 2.05) is 6.07 Å². The molecule has 1 saturated heterocycles. The molecule has 2 heterocycles. The molecule has 0 N–H and O–H groups in total. The highest BCUT2D eigenvalue weighted by Crippen LogP contribution is 2.48. The van der Waals surface area contributed by atoms with Gasteiger partial charge in [0.25, 0.3) is 0 Å². The van der Waals surface area contributed by atoms with E-state index >= 15 is 0 Å². The van der Waals surface area contributed by atoms with E-state index in [2.05, 4.69) is 52.9 Å². The van der Waals surface area contributed by atoms with Crippen LogP contribution in [-0.2, 0) is 14.2 Å². The first-order valence-electron chi connectivity index (χ1n) is 7.51. The third-order valence-electron chi connectivity index (χ3n) is 4.19. The Morgan fingerprint density at radius 2 is 1.74 bits per heavy atom. The van der Waals surface area contributed by atoms with Crippen molar-refractivity contribution < 1.29 is 14.2 Å². The molecule has 0 bridgehead atoms. The molecule has 5 heteroatoms. The molecule has 1 fully saturated rings. The Labute approximate surface area is 139 Å². The van der Waals surface area contributed by atoms with Crippen LogP contribution in [0.4, 0.5) is 0 Å². The van der Waals surface area contributed by atoms with E-state index in [4.69, 9.17) is 14.2 Å². The first-order valence-corrected chi connectivity index (χ1v) is 8.34. The highest BCUT2D eigenvalue weighted by atomic mass is 32.2. The van der Waals surface area contributed by atoms with Crippen molar-refractivity contribution in [3.05, 3.63) is 60.2 Å². The lowest BCUT2D eigenvalue weighted by atomic mass is 9.90. The van der Waals surface area contributed by atoms with E-state index in [1.54, 1.807) is 7.11 Å². The summed E-state index contributed by atoms with van der Waals surface area (Å²) in [4.78, 5) is 0. The van der Waals surface area contributed by atoms with E-state index in [0.29, 0.717) is 19.3 Å². The van der Waals surface area contributed by atoms with Gasteiger partial charge in [-0.2, -0.15) is 0 Å². The van der Waals surface area contributed by atoms with Crippen molar-refractivity contribution in [3.63, 3.8) is 0 Å². The zero-order chi connectivity index (χ0) is 15.7. The van der Waals surface area contributed by atoms with Crippen molar-refractivity contribution in [2.75, 3.05) is 20.3 Å². The van der Waals surface area contributed by atoms with Crippen LogP contribution in [0, 0.1) is 0 Å². The normalized spacial score (nSPS) is 22.0. The minimum Gasteiger partial charge on any atom is -0.453 e. The van der Waals surface area contributed by atoms with Gasteiger partial charge in [0, 0.05) is 0 Å². The maximum absolute atomic E-state index is 5.92. The third kappa shape index (κ3) is 2.60. The SMILES string of the molecule is COC1=NSC(c2ccc(-c3ccccc3)cc2)C2(COC2)O1. The second-order valence-electron chi connectivity index (χ2n) is 5.69. The summed E-state index contributed by atoms with van der Waals surface area (Å²) in [6.45, 7) is 1.13. The van der Waals surface area contributed by atoms with Crippen LogP contribution in [0.15, 0.2) is 59.0 Å². The van der Waals surface area contributed by atoms with Gasteiger partial charge in [-0.05, 0) is 28.6 Å². The molecule has 118 valence electrons. The molecular weight excluding hydrogens is 310 g/mol. The molecule has 2 aliphatic rings. The molecular formula is C18H17NO3S. The predicted octanol–water partition coefficient (Wildman–Crippen LogP) is 3.84. The molecule has 4 rings (SSSR count). The summed E-state index contributed by atoms with van der Waals surface area (Å²) in [6, 6.07) is 19.0. The lowest BCUT2D eigenvalue weighted by molar-refractivity contribution is -0.178. The zero-order valence-electron chi connectivity index (χ0n) is 12.8. The predicted molar refractivity (Wildman–Crippen MR) is 91.3 cm³/mol. The van der Waals surface area contributed by atoms with Gasteiger partial charge in [-0.1, -0.05) is 54.6 Å². The van der Waals surface area contributed by atoms with Crippen molar-refractivity contribution >= 4 is 18.0 Å². The van der Waals surface area contributed by atoms with Crippen molar-refractivity contribution in [2.24, 2.45) is 4.40 Å². The van der Waals surface area contributed by atoms with Crippen molar-refractivity contribution in [1.82, 2.24) is 0 Å². The minimum atomic E-state index is -0.369. The lowest BCUT2D eigenvalue weighted by Gasteiger charge is -2.46. The summed E-state index contributed by atoms with van der Waals surface area (Å²) in [5.74, 6) is 0. The minimum absolute atomic E-state index is 0.111. The summed E-state index contributed by atoms with van der Waals surface area (Å²) in [6.07, 6.45) is 0.329. The van der Waals surface area contributed by atoms with Crippen LogP contribution in [0.1, 0.15) is 10.8 Å². The Morgan fingerprint density at radius 3 is 2.35 bits per heavy atom. The highest BCUT2D eigenvalue weighted by Gasteiger charge is 2.52. The fourth-order valence-electron chi connectivity index (χ4n) is 2.88. The number of hydrogen-bond acceptors (Lipinski definition) is 5. The van der Waals surface area contributed by atoms with Gasteiger partial charge in [-0.25, -0.2) is 0 Å². The van der Waals surface area contributed by atoms with Gasteiger partial charge in [-0.3, -0.25) is 0 Å². The van der Waals surface area contributed by atoms with Crippen LogP contribution in [0.25, 0.3) is 11.1 Å². The summed E-state index contributed by atoms with van der Waals surface area (Å²) in [5, 5.41) is 0.111. The molecule has 2 aromatic rings. The lowest BCUT2D eigenvalue weighted by Crippen LogP contribution is -2.57. The van der Waals surface area contributed by atoms with Crippen LogP contribution < -0.4 is 0 Å². The molecule has 2 aliphatic heterocycles. The maximum Gasteiger partial charge on any atom is 0.395 e. The van der Waals surface area contributed by atoms with Gasteiger partial charge < -0.3 is 14.2 Å². The third-order valence-corrected chi connectivity index (χ3v) is 5.36. The van der Waals surface area contributed by atoms with Gasteiger partial charge in [-0.15, -0.1) is 4.40 Å². The van der Waals surface area contributed by atoms with E-state index in [1.165, 1.54) is 28.6 Å². The fourth-order valence-corrected chi connectivity index (χ4v) is 3.83. The van der Waals surface area contributed by atoms with Crippen LogP contribution in [0.2, 0.25) is 0 Å². The molecule has 23 heavy (non-hydrogen) atoms. The standard InChI is InChI=1S/C18H17NO3S/c1-20-17-19-23-16(18(22-17)11-21-12-18)15-9-7-14(8-10-15)13-5-3-2-4-6-13/h2-10,16H,11-12H2,1H3. The molecule has 4 nitrogen and oxygen atoms in total. The molecule has 0 aliphatic carbocycles. The van der Waals surface area contributed by atoms with Gasteiger partial charge in [0.05, 0.1) is 25.6 Å². The molecule has 1 unspecified atom stereocenters. The summed E-state index contributed by atoms with van der Waals surface area (Å²) in [5.41, 5.74) is 3.24. The molecule has 0 aromatic heterocycles. The molecule has 0 radical (unpaired) electrons. The van der Waals surface area contributed by atoms with E-state index in [0.717, 1.165) is 0 Å². The molecule has 0 saturated carbocycles. The van der Waals surface area contributed by atoms with Gasteiger partial charge >= 0.3 is 6.08 Å². The first kappa shape index (κ1) is 14.6. The van der Waals surface area contributed by atoms with Crippen LogP contribution >= 0.6 is 11.9 Å².